The molecule has 0 saturated heterocycles. The fourth-order valence-electron chi connectivity index (χ4n) is 0.849. The van der Waals surface area contributed by atoms with Crippen molar-refractivity contribution < 1.29 is 26.3 Å². The molecule has 15 heavy (non-hydrogen) atoms. The summed E-state index contributed by atoms with van der Waals surface area (Å²) in [4.78, 5) is 0. The quantitative estimate of drug-likeness (QED) is 0.604. The fraction of sp³-hybridized carbons (Fsp3) is 0.250. The van der Waals surface area contributed by atoms with E-state index in [1.807, 2.05) is 0 Å². The Balaban J connectivity index is 3.30. The van der Waals surface area contributed by atoms with E-state index in [2.05, 4.69) is 0 Å². The van der Waals surface area contributed by atoms with Gasteiger partial charge >= 0.3 is 12.4 Å². The summed E-state index contributed by atoms with van der Waals surface area (Å²) >= 11 is 5.09. The van der Waals surface area contributed by atoms with Gasteiger partial charge in [-0.05, 0) is 12.1 Å². The Morgan fingerprint density at radius 1 is 1.00 bits per heavy atom. The molecule has 0 nitrogen and oxygen atoms in total. The molecule has 0 amide bonds. The van der Waals surface area contributed by atoms with Crippen LogP contribution in [-0.2, 0) is 12.4 Å². The zero-order chi connectivity index (χ0) is 11.9. The number of hydrogen-bond donors (Lipinski definition) is 0. The van der Waals surface area contributed by atoms with E-state index in [-0.39, 0.29) is 6.07 Å². The predicted octanol–water partition coefficient (Wildman–Crippen LogP) is 4.18. The van der Waals surface area contributed by atoms with Crippen LogP contribution in [0.15, 0.2) is 12.1 Å². The molecule has 0 saturated carbocycles. The molecule has 0 bridgehead atoms. The number of rotatable bonds is 0. The second-order valence-electron chi connectivity index (χ2n) is 2.61. The van der Waals surface area contributed by atoms with Gasteiger partial charge in [-0.2, -0.15) is 26.3 Å². The SMILES string of the molecule is FC(F)(F)c1c[c]c(Cl)c(C(F)(F)F)c1. The average Bonchev–Trinajstić information content (AvgIpc) is 2.00. The van der Waals surface area contributed by atoms with Crippen molar-refractivity contribution in [3.8, 4) is 0 Å². The topological polar surface area (TPSA) is 0 Å². The Kier molecular flexibility index (Phi) is 2.91. The highest BCUT2D eigenvalue weighted by Crippen LogP contribution is 2.38. The van der Waals surface area contributed by atoms with E-state index in [4.69, 9.17) is 11.6 Å². The van der Waals surface area contributed by atoms with Crippen molar-refractivity contribution in [2.75, 3.05) is 0 Å². The highest BCUT2D eigenvalue weighted by molar-refractivity contribution is 6.31. The van der Waals surface area contributed by atoms with Crippen LogP contribution in [0.2, 0.25) is 5.02 Å². The van der Waals surface area contributed by atoms with Crippen LogP contribution in [0.4, 0.5) is 26.3 Å². The highest BCUT2D eigenvalue weighted by Gasteiger charge is 2.37. The van der Waals surface area contributed by atoms with Gasteiger partial charge in [0.2, 0.25) is 0 Å². The lowest BCUT2D eigenvalue weighted by Crippen LogP contribution is -2.11. The summed E-state index contributed by atoms with van der Waals surface area (Å²) in [6, 6.07) is 2.04. The van der Waals surface area contributed by atoms with Crippen molar-refractivity contribution in [3.05, 3.63) is 34.3 Å². The van der Waals surface area contributed by atoms with Crippen molar-refractivity contribution in [2.24, 2.45) is 0 Å². The van der Waals surface area contributed by atoms with Crippen molar-refractivity contribution in [3.63, 3.8) is 0 Å². The van der Waals surface area contributed by atoms with Crippen LogP contribution in [-0.4, -0.2) is 0 Å². The molecule has 0 spiro atoms. The van der Waals surface area contributed by atoms with Crippen LogP contribution < -0.4 is 0 Å². The maximum Gasteiger partial charge on any atom is 0.417 e. The first kappa shape index (κ1) is 12.2. The molecular weight excluding hydrogens is 246 g/mol. The molecule has 83 valence electrons. The molecule has 0 aliphatic heterocycles. The maximum absolute atomic E-state index is 12.1. The van der Waals surface area contributed by atoms with Crippen molar-refractivity contribution in [1.82, 2.24) is 0 Å². The minimum absolute atomic E-state index is 0.0428. The zero-order valence-electron chi connectivity index (χ0n) is 6.80. The van der Waals surface area contributed by atoms with Gasteiger partial charge in [-0.3, -0.25) is 0 Å². The molecule has 0 heterocycles. The highest BCUT2D eigenvalue weighted by atomic mass is 35.5. The normalized spacial score (nSPS) is 13.0. The first-order valence-electron chi connectivity index (χ1n) is 3.48. The first-order chi connectivity index (χ1) is 6.62. The van der Waals surface area contributed by atoms with Crippen LogP contribution in [0, 0.1) is 6.07 Å². The molecule has 1 aromatic carbocycles. The zero-order valence-corrected chi connectivity index (χ0v) is 7.56. The van der Waals surface area contributed by atoms with E-state index < -0.39 is 28.5 Å². The van der Waals surface area contributed by atoms with Gasteiger partial charge in [-0.1, -0.05) is 11.6 Å². The summed E-state index contributed by atoms with van der Waals surface area (Å²) in [6.45, 7) is 0. The standard InChI is InChI=1S/C8H2ClF6/c9-6-2-1-4(7(10,11)12)3-5(6)8(13,14)15/h1,3H. The van der Waals surface area contributed by atoms with Crippen molar-refractivity contribution >= 4 is 11.6 Å². The molecule has 0 aliphatic carbocycles. The molecule has 0 aromatic heterocycles. The lowest BCUT2D eigenvalue weighted by Gasteiger charge is -2.12. The van der Waals surface area contributed by atoms with E-state index in [0.717, 1.165) is 0 Å². The Hall–Kier alpha value is -0.910. The fourth-order valence-corrected chi connectivity index (χ4v) is 1.07. The molecule has 0 aliphatic rings. The van der Waals surface area contributed by atoms with E-state index in [1.54, 1.807) is 6.07 Å². The average molecular weight is 248 g/mol. The maximum atomic E-state index is 12.1. The van der Waals surface area contributed by atoms with Crippen molar-refractivity contribution in [1.29, 1.82) is 0 Å². The van der Waals surface area contributed by atoms with Gasteiger partial charge in [0.15, 0.2) is 0 Å². The predicted molar refractivity (Wildman–Crippen MR) is 40.3 cm³/mol. The van der Waals surface area contributed by atoms with Crippen LogP contribution in [0.5, 0.6) is 0 Å². The largest absolute Gasteiger partial charge is 0.417 e. The minimum Gasteiger partial charge on any atom is -0.166 e. The Bertz CT molecular complexity index is 364. The number of halogens is 7. The van der Waals surface area contributed by atoms with Crippen LogP contribution in [0.1, 0.15) is 11.1 Å². The third-order valence-corrected chi connectivity index (χ3v) is 1.84. The van der Waals surface area contributed by atoms with Gasteiger partial charge in [-0.15, -0.1) is 0 Å². The van der Waals surface area contributed by atoms with Crippen molar-refractivity contribution in [2.45, 2.75) is 12.4 Å². The number of hydrogen-bond acceptors (Lipinski definition) is 0. The smallest absolute Gasteiger partial charge is 0.166 e. The summed E-state index contributed by atoms with van der Waals surface area (Å²) in [5, 5.41) is -0.879. The number of benzene rings is 1. The van der Waals surface area contributed by atoms with Gasteiger partial charge in [-0.25, -0.2) is 0 Å². The molecule has 0 atom stereocenters. The van der Waals surface area contributed by atoms with E-state index in [1.165, 1.54) is 0 Å². The third-order valence-electron chi connectivity index (χ3n) is 1.52. The second-order valence-corrected chi connectivity index (χ2v) is 2.99. The van der Waals surface area contributed by atoms with Gasteiger partial charge < -0.3 is 0 Å². The monoisotopic (exact) mass is 247 g/mol. The van der Waals surface area contributed by atoms with Crippen LogP contribution in [0.25, 0.3) is 0 Å². The molecule has 1 radical (unpaired) electrons. The second kappa shape index (κ2) is 3.59. The van der Waals surface area contributed by atoms with E-state index in [0.29, 0.717) is 6.07 Å². The Morgan fingerprint density at radius 3 is 1.93 bits per heavy atom. The Morgan fingerprint density at radius 2 is 1.53 bits per heavy atom. The van der Waals surface area contributed by atoms with E-state index >= 15 is 0 Å². The summed E-state index contributed by atoms with van der Waals surface area (Å²) in [6.07, 6.45) is -9.77. The van der Waals surface area contributed by atoms with Crippen LogP contribution in [0.3, 0.4) is 0 Å². The molecular formula is C8H2ClF6. The summed E-state index contributed by atoms with van der Waals surface area (Å²) in [5.41, 5.74) is -2.97. The number of alkyl halides is 6. The first-order valence-corrected chi connectivity index (χ1v) is 3.86. The summed E-state index contributed by atoms with van der Waals surface area (Å²) < 4.78 is 72.6. The van der Waals surface area contributed by atoms with Gasteiger partial charge in [0, 0.05) is 6.07 Å². The third kappa shape index (κ3) is 2.77. The lowest BCUT2D eigenvalue weighted by atomic mass is 10.1. The molecule has 7 heteroatoms. The lowest BCUT2D eigenvalue weighted by molar-refractivity contribution is -0.143. The molecule has 0 unspecified atom stereocenters. The Labute approximate surface area is 85.5 Å². The summed E-state index contributed by atoms with van der Waals surface area (Å²) in [7, 11) is 0. The van der Waals surface area contributed by atoms with Gasteiger partial charge in [0.25, 0.3) is 0 Å². The molecule has 1 rings (SSSR count). The van der Waals surface area contributed by atoms with Gasteiger partial charge in [0.1, 0.15) is 0 Å². The summed E-state index contributed by atoms with van der Waals surface area (Å²) in [5.74, 6) is 0. The van der Waals surface area contributed by atoms with Crippen LogP contribution >= 0.6 is 11.6 Å². The van der Waals surface area contributed by atoms with Gasteiger partial charge in [0.05, 0.1) is 16.1 Å². The molecule has 1 aromatic rings. The molecule has 0 fully saturated rings. The molecule has 0 N–H and O–H groups in total. The minimum atomic E-state index is -4.92. The van der Waals surface area contributed by atoms with E-state index in [9.17, 15) is 26.3 Å².